The molecule has 0 bridgehead atoms. The van der Waals surface area contributed by atoms with E-state index in [1.54, 1.807) is 11.3 Å². The van der Waals surface area contributed by atoms with Crippen molar-refractivity contribution in [2.24, 2.45) is 5.92 Å². The van der Waals surface area contributed by atoms with Crippen molar-refractivity contribution >= 4 is 22.2 Å². The molecule has 2 aromatic rings. The molecule has 0 fully saturated rings. The lowest BCUT2D eigenvalue weighted by molar-refractivity contribution is -0.121. The van der Waals surface area contributed by atoms with Gasteiger partial charge in [-0.15, -0.1) is 11.3 Å². The van der Waals surface area contributed by atoms with Gasteiger partial charge in [-0.3, -0.25) is 9.69 Å². The molecule has 0 spiro atoms. The maximum absolute atomic E-state index is 12.4. The molecule has 1 heterocycles. The molecule has 3 heteroatoms. The Hall–Kier alpha value is -1.61. The number of carbonyl (C=O) groups is 1. The highest BCUT2D eigenvalue weighted by Gasteiger charge is 2.20. The molecule has 2 rings (SSSR count). The summed E-state index contributed by atoms with van der Waals surface area (Å²) in [5, 5.41) is 1.03. The van der Waals surface area contributed by atoms with Crippen LogP contribution in [0.1, 0.15) is 24.3 Å². The molecule has 0 saturated heterocycles. The van der Waals surface area contributed by atoms with E-state index in [2.05, 4.69) is 25.1 Å². The monoisotopic (exact) mass is 273 g/mol. The van der Waals surface area contributed by atoms with E-state index < -0.39 is 0 Å². The number of hydrogen-bond acceptors (Lipinski definition) is 2. The molecule has 1 aromatic carbocycles. The van der Waals surface area contributed by atoms with Gasteiger partial charge in [0.05, 0.1) is 11.5 Å². The van der Waals surface area contributed by atoms with Gasteiger partial charge in [-0.1, -0.05) is 44.2 Å². The summed E-state index contributed by atoms with van der Waals surface area (Å²) in [6, 6.07) is 14.2. The third kappa shape index (κ3) is 3.44. The summed E-state index contributed by atoms with van der Waals surface area (Å²) in [5.74, 6) is 0.178. The minimum Gasteiger partial charge on any atom is -0.299 e. The second-order valence-corrected chi connectivity index (χ2v) is 6.22. The first kappa shape index (κ1) is 13.8. The summed E-state index contributed by atoms with van der Waals surface area (Å²) in [7, 11) is 0. The maximum atomic E-state index is 12.4. The third-order valence-electron chi connectivity index (χ3n) is 2.94. The van der Waals surface area contributed by atoms with Crippen molar-refractivity contribution in [1.29, 1.82) is 0 Å². The lowest BCUT2D eigenvalue weighted by Gasteiger charge is -2.23. The Morgan fingerprint density at radius 3 is 2.37 bits per heavy atom. The number of nitrogens with zero attached hydrogens (tertiary/aromatic N) is 1. The van der Waals surface area contributed by atoms with Crippen LogP contribution < -0.4 is 4.90 Å². The number of benzene rings is 1. The van der Waals surface area contributed by atoms with E-state index >= 15 is 0 Å². The Labute approximate surface area is 118 Å². The zero-order valence-corrected chi connectivity index (χ0v) is 12.4. The van der Waals surface area contributed by atoms with E-state index in [1.807, 2.05) is 43.0 Å². The smallest absolute Gasteiger partial charge is 0.230 e. The quantitative estimate of drug-likeness (QED) is 0.815. The standard InChI is InChI=1S/C16H19NOS/c1-12(2)16(18)17(15-10-9-13(3)19-15)11-14-7-5-4-6-8-14/h4-10,12H,11H2,1-3H3. The Balaban J connectivity index is 2.27. The number of rotatable bonds is 4. The van der Waals surface area contributed by atoms with Gasteiger partial charge in [-0.05, 0) is 24.6 Å². The maximum Gasteiger partial charge on any atom is 0.230 e. The minimum atomic E-state index is 0.00567. The highest BCUT2D eigenvalue weighted by atomic mass is 32.1. The van der Waals surface area contributed by atoms with E-state index in [-0.39, 0.29) is 11.8 Å². The number of hydrogen-bond donors (Lipinski definition) is 0. The van der Waals surface area contributed by atoms with Gasteiger partial charge in [0.25, 0.3) is 0 Å². The van der Waals surface area contributed by atoms with Gasteiger partial charge in [-0.25, -0.2) is 0 Å². The van der Waals surface area contributed by atoms with Crippen molar-refractivity contribution in [1.82, 2.24) is 0 Å². The minimum absolute atomic E-state index is 0.00567. The average Bonchev–Trinajstić information content (AvgIpc) is 2.83. The van der Waals surface area contributed by atoms with Gasteiger partial charge in [-0.2, -0.15) is 0 Å². The van der Waals surface area contributed by atoms with Crippen molar-refractivity contribution < 1.29 is 4.79 Å². The van der Waals surface area contributed by atoms with Crippen molar-refractivity contribution in [3.63, 3.8) is 0 Å². The van der Waals surface area contributed by atoms with Crippen LogP contribution in [0.2, 0.25) is 0 Å². The van der Waals surface area contributed by atoms with Crippen LogP contribution in [-0.4, -0.2) is 5.91 Å². The lowest BCUT2D eigenvalue weighted by Crippen LogP contribution is -2.33. The highest BCUT2D eigenvalue weighted by molar-refractivity contribution is 7.16. The van der Waals surface area contributed by atoms with Crippen molar-refractivity contribution in [2.45, 2.75) is 27.3 Å². The van der Waals surface area contributed by atoms with Crippen molar-refractivity contribution in [3.8, 4) is 0 Å². The number of carbonyl (C=O) groups excluding carboxylic acids is 1. The van der Waals surface area contributed by atoms with Gasteiger partial charge in [0, 0.05) is 10.8 Å². The number of amides is 1. The molecule has 0 atom stereocenters. The normalized spacial score (nSPS) is 10.7. The van der Waals surface area contributed by atoms with Crippen LogP contribution in [0.4, 0.5) is 5.00 Å². The summed E-state index contributed by atoms with van der Waals surface area (Å²) < 4.78 is 0. The molecule has 1 aromatic heterocycles. The fourth-order valence-electron chi connectivity index (χ4n) is 1.91. The molecular formula is C16H19NOS. The van der Waals surface area contributed by atoms with Gasteiger partial charge in [0.2, 0.25) is 5.91 Å². The number of aryl methyl sites for hydroxylation is 1. The Morgan fingerprint density at radius 2 is 1.84 bits per heavy atom. The van der Waals surface area contributed by atoms with E-state index in [4.69, 9.17) is 0 Å². The molecule has 0 aliphatic rings. The first-order valence-corrected chi connectivity index (χ1v) is 7.31. The van der Waals surface area contributed by atoms with Gasteiger partial charge in [0.1, 0.15) is 0 Å². The first-order valence-electron chi connectivity index (χ1n) is 6.49. The predicted molar refractivity (Wildman–Crippen MR) is 81.5 cm³/mol. The van der Waals surface area contributed by atoms with Gasteiger partial charge in [0.15, 0.2) is 0 Å². The zero-order chi connectivity index (χ0) is 13.8. The average molecular weight is 273 g/mol. The van der Waals surface area contributed by atoms with Gasteiger partial charge < -0.3 is 0 Å². The zero-order valence-electron chi connectivity index (χ0n) is 11.6. The van der Waals surface area contributed by atoms with Crippen LogP contribution in [0, 0.1) is 12.8 Å². The lowest BCUT2D eigenvalue weighted by atomic mass is 10.1. The first-order chi connectivity index (χ1) is 9.08. The summed E-state index contributed by atoms with van der Waals surface area (Å²) in [5.41, 5.74) is 1.16. The molecule has 100 valence electrons. The second kappa shape index (κ2) is 6.02. The van der Waals surface area contributed by atoms with E-state index in [1.165, 1.54) is 4.88 Å². The molecule has 1 amide bonds. The fourth-order valence-corrected chi connectivity index (χ4v) is 2.78. The van der Waals surface area contributed by atoms with Crippen LogP contribution in [-0.2, 0) is 11.3 Å². The second-order valence-electron chi connectivity index (χ2n) is 4.95. The summed E-state index contributed by atoms with van der Waals surface area (Å²) >= 11 is 1.67. The molecule has 19 heavy (non-hydrogen) atoms. The summed E-state index contributed by atoms with van der Waals surface area (Å²) in [6.45, 7) is 6.59. The number of anilines is 1. The molecule has 0 saturated carbocycles. The van der Waals surface area contributed by atoms with Crippen molar-refractivity contribution in [3.05, 3.63) is 52.9 Å². The molecule has 0 unspecified atom stereocenters. The largest absolute Gasteiger partial charge is 0.299 e. The summed E-state index contributed by atoms with van der Waals surface area (Å²) in [4.78, 5) is 15.5. The van der Waals surface area contributed by atoms with Crippen LogP contribution in [0.3, 0.4) is 0 Å². The number of thiophene rings is 1. The topological polar surface area (TPSA) is 20.3 Å². The molecule has 0 aliphatic carbocycles. The van der Waals surface area contributed by atoms with Gasteiger partial charge >= 0.3 is 0 Å². The van der Waals surface area contributed by atoms with Crippen LogP contribution in [0.5, 0.6) is 0 Å². The van der Waals surface area contributed by atoms with Crippen LogP contribution in [0.15, 0.2) is 42.5 Å². The van der Waals surface area contributed by atoms with Crippen LogP contribution >= 0.6 is 11.3 Å². The fraction of sp³-hybridized carbons (Fsp3) is 0.312. The molecule has 0 radical (unpaired) electrons. The Bertz CT molecular complexity index is 545. The summed E-state index contributed by atoms with van der Waals surface area (Å²) in [6.07, 6.45) is 0. The predicted octanol–water partition coefficient (Wildman–Crippen LogP) is 4.25. The SMILES string of the molecule is Cc1ccc(N(Cc2ccccc2)C(=O)C(C)C)s1. The third-order valence-corrected chi connectivity index (χ3v) is 3.96. The highest BCUT2D eigenvalue weighted by Crippen LogP contribution is 2.28. The molecule has 2 nitrogen and oxygen atoms in total. The Kier molecular flexibility index (Phi) is 4.38. The van der Waals surface area contributed by atoms with E-state index in [0.717, 1.165) is 10.6 Å². The molecule has 0 aliphatic heterocycles. The van der Waals surface area contributed by atoms with E-state index in [9.17, 15) is 4.79 Å². The molecule has 0 N–H and O–H groups in total. The van der Waals surface area contributed by atoms with Crippen LogP contribution in [0.25, 0.3) is 0 Å². The van der Waals surface area contributed by atoms with Crippen molar-refractivity contribution in [2.75, 3.05) is 4.90 Å². The van der Waals surface area contributed by atoms with E-state index in [0.29, 0.717) is 6.54 Å². The molecular weight excluding hydrogens is 254 g/mol. The Morgan fingerprint density at radius 1 is 1.16 bits per heavy atom.